The molecule has 0 saturated carbocycles. The van der Waals surface area contributed by atoms with E-state index in [1.54, 1.807) is 111 Å². The fourth-order valence-electron chi connectivity index (χ4n) is 3.71. The first kappa shape index (κ1) is 38.8. The van der Waals surface area contributed by atoms with Crippen LogP contribution in [0.2, 0.25) is 0 Å². The van der Waals surface area contributed by atoms with Gasteiger partial charge in [0.2, 0.25) is 6.21 Å². The van der Waals surface area contributed by atoms with Gasteiger partial charge in [0, 0.05) is 28.0 Å². The Morgan fingerprint density at radius 3 is 1.35 bits per heavy atom. The van der Waals surface area contributed by atoms with Gasteiger partial charge in [0.15, 0.2) is 0 Å². The fourth-order valence-corrected chi connectivity index (χ4v) is 3.71. The maximum atomic E-state index is 11.6. The summed E-state index contributed by atoms with van der Waals surface area (Å²) in [6.45, 7) is 4.16. The Labute approximate surface area is 282 Å². The van der Waals surface area contributed by atoms with Crippen molar-refractivity contribution >= 4 is 47.8 Å². The number of carbonyl (C=O) groups excluding carboxylic acids is 5. The van der Waals surface area contributed by atoms with Gasteiger partial charge >= 0.3 is 23.9 Å². The highest BCUT2D eigenvalue weighted by Crippen LogP contribution is 2.14. The highest BCUT2D eigenvalue weighted by Gasteiger charge is 2.12. The number of nitrogens with zero attached hydrogens (tertiary/aromatic N) is 1. The number of hydrogen-bond donors (Lipinski definition) is 3. The summed E-state index contributed by atoms with van der Waals surface area (Å²) in [5.41, 5.74) is 5.99. The van der Waals surface area contributed by atoms with Gasteiger partial charge in [-0.3, -0.25) is 20.7 Å². The summed E-state index contributed by atoms with van der Waals surface area (Å²) in [7, 11) is 2.63. The number of nitrogens with one attached hydrogen (secondary N) is 1. The SMILES string of the molecule is CCOC(=O)c1ccc(/[N+](O)=C\c2ccc(C(=O)OC)cc2)cc1.CCOC(=O)c1ccc(NO)cc1.COC(=O)c1ccc(C=O)cc1. The molecule has 0 unspecified atom stereocenters. The lowest BCUT2D eigenvalue weighted by Crippen LogP contribution is -2.06. The molecule has 4 aromatic rings. The van der Waals surface area contributed by atoms with E-state index >= 15 is 0 Å². The van der Waals surface area contributed by atoms with E-state index in [2.05, 4.69) is 9.47 Å². The topological polar surface area (TPSA) is 178 Å². The minimum atomic E-state index is -0.419. The predicted octanol–water partition coefficient (Wildman–Crippen LogP) is 5.75. The number of ether oxygens (including phenoxy) is 4. The molecule has 256 valence electrons. The van der Waals surface area contributed by atoms with Gasteiger partial charge in [-0.25, -0.2) is 19.2 Å². The molecule has 0 spiro atoms. The van der Waals surface area contributed by atoms with Crippen molar-refractivity contribution in [3.8, 4) is 0 Å². The molecule has 0 heterocycles. The predicted molar refractivity (Wildman–Crippen MR) is 178 cm³/mol. The molecule has 0 saturated heterocycles. The first-order valence-corrected chi connectivity index (χ1v) is 14.7. The number of methoxy groups -OCH3 is 2. The van der Waals surface area contributed by atoms with Gasteiger partial charge in [-0.2, -0.15) is 0 Å². The summed E-state index contributed by atoms with van der Waals surface area (Å²) < 4.78 is 19.7. The van der Waals surface area contributed by atoms with Gasteiger partial charge < -0.3 is 18.9 Å². The average molecular weight is 674 g/mol. The number of carbonyl (C=O) groups is 5. The largest absolute Gasteiger partial charge is 0.465 e. The van der Waals surface area contributed by atoms with Crippen LogP contribution in [0.15, 0.2) is 97.1 Å². The van der Waals surface area contributed by atoms with Crippen LogP contribution >= 0.6 is 0 Å². The second kappa shape index (κ2) is 20.7. The minimum Gasteiger partial charge on any atom is -0.465 e. The van der Waals surface area contributed by atoms with Crippen molar-refractivity contribution in [1.29, 1.82) is 0 Å². The van der Waals surface area contributed by atoms with Crippen molar-refractivity contribution in [3.63, 3.8) is 0 Å². The summed E-state index contributed by atoms with van der Waals surface area (Å²) in [4.78, 5) is 55.2. The third-order valence-corrected chi connectivity index (χ3v) is 6.24. The van der Waals surface area contributed by atoms with Crippen LogP contribution in [0.4, 0.5) is 11.4 Å². The van der Waals surface area contributed by atoms with Crippen LogP contribution < -0.4 is 5.48 Å². The molecule has 0 radical (unpaired) electrons. The van der Waals surface area contributed by atoms with Gasteiger partial charge in [0.05, 0.1) is 55.4 Å². The Hall–Kier alpha value is -6.34. The Morgan fingerprint density at radius 1 is 0.612 bits per heavy atom. The summed E-state index contributed by atoms with van der Waals surface area (Å²) in [6.07, 6.45) is 2.21. The van der Waals surface area contributed by atoms with Crippen molar-refractivity contribution in [1.82, 2.24) is 0 Å². The maximum Gasteiger partial charge on any atom is 0.338 e. The standard InChI is InChI=1S/C18H18NO5.C9H11NO3.C9H8O3/c1-3-24-18(21)15-8-10-16(11-9-15)19(22)12-13-4-6-14(7-5-13)17(20)23-2;1-2-13-9(11)7-3-5-8(10-12)6-4-7;1-12-9(11)8-4-2-7(6-10)3-5-8/h4-12,22H,3H2,1-2H3;3-6,10,12H,2H2,1H3;2-6H,1H3/q+1;;/b19-12+;;. The van der Waals surface area contributed by atoms with Crippen molar-refractivity contribution in [3.05, 3.63) is 130 Å². The zero-order valence-corrected chi connectivity index (χ0v) is 27.3. The van der Waals surface area contributed by atoms with Crippen LogP contribution in [0, 0.1) is 0 Å². The van der Waals surface area contributed by atoms with E-state index in [1.165, 1.54) is 20.4 Å². The van der Waals surface area contributed by atoms with Gasteiger partial charge in [-0.15, -0.1) is 0 Å². The number of benzene rings is 4. The quantitative estimate of drug-likeness (QED) is 0.0354. The van der Waals surface area contributed by atoms with Gasteiger partial charge in [-0.1, -0.05) is 12.1 Å². The smallest absolute Gasteiger partial charge is 0.338 e. The molecule has 4 rings (SSSR count). The second-order valence-electron chi connectivity index (χ2n) is 9.50. The molecule has 0 fully saturated rings. The third kappa shape index (κ3) is 12.8. The molecule has 0 atom stereocenters. The number of rotatable bonds is 10. The van der Waals surface area contributed by atoms with E-state index in [-0.39, 0.29) is 5.97 Å². The van der Waals surface area contributed by atoms with Crippen LogP contribution in [-0.4, -0.2) is 79.0 Å². The van der Waals surface area contributed by atoms with Crippen LogP contribution in [0.1, 0.15) is 71.2 Å². The van der Waals surface area contributed by atoms with E-state index in [4.69, 9.17) is 14.7 Å². The molecular weight excluding hydrogens is 636 g/mol. The van der Waals surface area contributed by atoms with Gasteiger partial charge in [-0.05, 0) is 86.6 Å². The number of hydrogen-bond acceptors (Lipinski definition) is 12. The lowest BCUT2D eigenvalue weighted by Gasteiger charge is -2.02. The molecule has 0 aliphatic carbocycles. The lowest BCUT2D eigenvalue weighted by atomic mass is 10.1. The van der Waals surface area contributed by atoms with E-state index in [0.29, 0.717) is 58.0 Å². The molecule has 49 heavy (non-hydrogen) atoms. The molecule has 13 heteroatoms. The van der Waals surface area contributed by atoms with Crippen molar-refractivity contribution in [2.24, 2.45) is 0 Å². The Morgan fingerprint density at radius 2 is 0.980 bits per heavy atom. The van der Waals surface area contributed by atoms with Crippen LogP contribution in [0.5, 0.6) is 0 Å². The molecule has 4 aromatic carbocycles. The minimum absolute atomic E-state index is 0.308. The number of anilines is 1. The Bertz CT molecular complexity index is 1700. The molecule has 0 aliphatic heterocycles. The van der Waals surface area contributed by atoms with E-state index in [9.17, 15) is 29.2 Å². The third-order valence-electron chi connectivity index (χ3n) is 6.24. The zero-order valence-electron chi connectivity index (χ0n) is 27.3. The first-order valence-electron chi connectivity index (χ1n) is 14.7. The number of aldehydes is 1. The monoisotopic (exact) mass is 673 g/mol. The molecule has 0 bridgehead atoms. The normalized spacial score (nSPS) is 10.1. The highest BCUT2D eigenvalue weighted by molar-refractivity contribution is 5.91. The molecule has 13 nitrogen and oxygen atoms in total. The fraction of sp³-hybridized carbons (Fsp3) is 0.167. The van der Waals surface area contributed by atoms with Crippen LogP contribution in [-0.2, 0) is 18.9 Å². The van der Waals surface area contributed by atoms with Crippen molar-refractivity contribution in [2.75, 3.05) is 32.9 Å². The Kier molecular flexibility index (Phi) is 16.4. The molecule has 3 N–H and O–H groups in total. The van der Waals surface area contributed by atoms with E-state index in [1.807, 2.05) is 5.48 Å². The molecule has 0 aliphatic rings. The molecule has 0 amide bonds. The number of esters is 4. The summed E-state index contributed by atoms with van der Waals surface area (Å²) >= 11 is 0. The van der Waals surface area contributed by atoms with Crippen LogP contribution in [0.25, 0.3) is 0 Å². The second-order valence-corrected chi connectivity index (χ2v) is 9.50. The van der Waals surface area contributed by atoms with E-state index in [0.717, 1.165) is 11.0 Å². The molecular formula is C36H37N2O11+. The Balaban J connectivity index is 0.000000281. The first-order chi connectivity index (χ1) is 23.6. The van der Waals surface area contributed by atoms with Gasteiger partial charge in [0.25, 0.3) is 5.69 Å². The summed E-state index contributed by atoms with van der Waals surface area (Å²) in [5, 5.41) is 18.6. The zero-order chi connectivity index (χ0) is 36.2. The molecule has 0 aromatic heterocycles. The van der Waals surface area contributed by atoms with Gasteiger partial charge in [0.1, 0.15) is 6.29 Å². The summed E-state index contributed by atoms with van der Waals surface area (Å²) in [6, 6.07) is 25.5. The summed E-state index contributed by atoms with van der Waals surface area (Å²) in [5.74, 6) is -1.58. The van der Waals surface area contributed by atoms with E-state index < -0.39 is 17.9 Å². The van der Waals surface area contributed by atoms with Crippen molar-refractivity contribution < 1.29 is 58.1 Å². The maximum absolute atomic E-state index is 11.6. The van der Waals surface area contributed by atoms with Crippen molar-refractivity contribution in [2.45, 2.75) is 13.8 Å². The van der Waals surface area contributed by atoms with Crippen LogP contribution in [0.3, 0.4) is 0 Å². The lowest BCUT2D eigenvalue weighted by molar-refractivity contribution is -0.709. The highest BCUT2D eigenvalue weighted by atomic mass is 16.5. The average Bonchev–Trinajstić information content (AvgIpc) is 3.15.